The number of benzene rings is 2. The number of hydrogen-bond donors (Lipinski definition) is 1. The van der Waals surface area contributed by atoms with Crippen molar-refractivity contribution in [2.75, 3.05) is 18.1 Å². The van der Waals surface area contributed by atoms with Gasteiger partial charge in [-0.15, -0.1) is 0 Å². The van der Waals surface area contributed by atoms with E-state index in [0.29, 0.717) is 13.2 Å². The molecule has 0 spiro atoms. The number of ether oxygens (including phenoxy) is 1. The van der Waals surface area contributed by atoms with Crippen molar-refractivity contribution in [3.05, 3.63) is 54.1 Å². The standard InChI is InChI=1S/C17H21NO4S/c1-3-18(15-8-6-9-16(12-15)22-4-2)13-14-7-5-10-17(11-14)23(19,20)21/h5-12H,3-4,13H2,1-2H3,(H,19,20,21). The molecule has 0 aliphatic heterocycles. The minimum atomic E-state index is -4.19. The summed E-state index contributed by atoms with van der Waals surface area (Å²) in [6.07, 6.45) is 0. The van der Waals surface area contributed by atoms with E-state index >= 15 is 0 Å². The third-order valence-corrected chi connectivity index (χ3v) is 4.29. The Bertz CT molecular complexity index is 759. The number of anilines is 1. The molecule has 5 nitrogen and oxygen atoms in total. The highest BCUT2D eigenvalue weighted by molar-refractivity contribution is 7.85. The average Bonchev–Trinajstić information content (AvgIpc) is 2.53. The molecule has 0 amide bonds. The summed E-state index contributed by atoms with van der Waals surface area (Å²) in [5.74, 6) is 0.801. The van der Waals surface area contributed by atoms with Crippen LogP contribution >= 0.6 is 0 Å². The second-order valence-electron chi connectivity index (χ2n) is 5.07. The molecular weight excluding hydrogens is 314 g/mol. The molecule has 0 saturated heterocycles. The minimum absolute atomic E-state index is 0.0888. The van der Waals surface area contributed by atoms with Crippen molar-refractivity contribution in [1.82, 2.24) is 0 Å². The average molecular weight is 335 g/mol. The van der Waals surface area contributed by atoms with Gasteiger partial charge in [-0.1, -0.05) is 18.2 Å². The highest BCUT2D eigenvalue weighted by atomic mass is 32.2. The molecule has 0 unspecified atom stereocenters. The first kappa shape index (κ1) is 17.3. The summed E-state index contributed by atoms with van der Waals surface area (Å²) in [6.45, 7) is 5.86. The zero-order valence-electron chi connectivity index (χ0n) is 13.3. The molecule has 0 radical (unpaired) electrons. The van der Waals surface area contributed by atoms with Crippen LogP contribution in [-0.4, -0.2) is 26.1 Å². The molecule has 0 aromatic heterocycles. The Morgan fingerprint density at radius 2 is 1.83 bits per heavy atom. The Labute approximate surface area is 137 Å². The SMILES string of the molecule is CCOc1cccc(N(CC)Cc2cccc(S(=O)(=O)O)c2)c1. The van der Waals surface area contributed by atoms with Gasteiger partial charge in [0.25, 0.3) is 10.1 Å². The van der Waals surface area contributed by atoms with Gasteiger partial charge in [0.2, 0.25) is 0 Å². The van der Waals surface area contributed by atoms with E-state index in [9.17, 15) is 8.42 Å². The second-order valence-corrected chi connectivity index (χ2v) is 6.49. The first-order valence-corrected chi connectivity index (χ1v) is 8.92. The van der Waals surface area contributed by atoms with Crippen LogP contribution in [0.3, 0.4) is 0 Å². The Balaban J connectivity index is 2.24. The van der Waals surface area contributed by atoms with Crippen LogP contribution in [0.15, 0.2) is 53.4 Å². The number of rotatable bonds is 7. The molecule has 124 valence electrons. The molecule has 1 N–H and O–H groups in total. The summed E-state index contributed by atoms with van der Waals surface area (Å²) in [5, 5.41) is 0. The van der Waals surface area contributed by atoms with Crippen LogP contribution in [0.4, 0.5) is 5.69 Å². The Hall–Kier alpha value is -2.05. The maximum atomic E-state index is 11.3. The summed E-state index contributed by atoms with van der Waals surface area (Å²) >= 11 is 0. The van der Waals surface area contributed by atoms with Crippen LogP contribution in [0.25, 0.3) is 0 Å². The van der Waals surface area contributed by atoms with Gasteiger partial charge in [-0.3, -0.25) is 4.55 Å². The van der Waals surface area contributed by atoms with Crippen LogP contribution in [0.1, 0.15) is 19.4 Å². The minimum Gasteiger partial charge on any atom is -0.494 e. The molecule has 2 rings (SSSR count). The molecule has 23 heavy (non-hydrogen) atoms. The first-order chi connectivity index (χ1) is 10.9. The topological polar surface area (TPSA) is 66.8 Å². The first-order valence-electron chi connectivity index (χ1n) is 7.48. The van der Waals surface area contributed by atoms with E-state index in [2.05, 4.69) is 4.90 Å². The fourth-order valence-electron chi connectivity index (χ4n) is 2.35. The fraction of sp³-hybridized carbons (Fsp3) is 0.294. The molecule has 0 bridgehead atoms. The van der Waals surface area contributed by atoms with Crippen molar-refractivity contribution in [3.8, 4) is 5.75 Å². The van der Waals surface area contributed by atoms with E-state index in [1.807, 2.05) is 44.2 Å². The van der Waals surface area contributed by atoms with Crippen LogP contribution in [-0.2, 0) is 16.7 Å². The van der Waals surface area contributed by atoms with E-state index in [4.69, 9.17) is 9.29 Å². The molecule has 0 atom stereocenters. The normalized spacial score (nSPS) is 11.3. The highest BCUT2D eigenvalue weighted by Gasteiger charge is 2.12. The van der Waals surface area contributed by atoms with Crippen LogP contribution in [0.2, 0.25) is 0 Å². The molecule has 0 fully saturated rings. The fourth-order valence-corrected chi connectivity index (χ4v) is 2.90. The van der Waals surface area contributed by atoms with Crippen molar-refractivity contribution < 1.29 is 17.7 Å². The number of hydrogen-bond acceptors (Lipinski definition) is 4. The summed E-state index contributed by atoms with van der Waals surface area (Å²) in [7, 11) is -4.19. The smallest absolute Gasteiger partial charge is 0.294 e. The van der Waals surface area contributed by atoms with Gasteiger partial charge in [-0.05, 0) is 43.7 Å². The van der Waals surface area contributed by atoms with Gasteiger partial charge in [-0.2, -0.15) is 8.42 Å². The summed E-state index contributed by atoms with van der Waals surface area (Å²) in [4.78, 5) is 2.01. The molecule has 2 aromatic rings. The predicted molar refractivity (Wildman–Crippen MR) is 90.6 cm³/mol. The van der Waals surface area contributed by atoms with Gasteiger partial charge in [-0.25, -0.2) is 0 Å². The maximum Gasteiger partial charge on any atom is 0.294 e. The van der Waals surface area contributed by atoms with Gasteiger partial charge in [0, 0.05) is 24.8 Å². The lowest BCUT2D eigenvalue weighted by Gasteiger charge is -2.24. The molecule has 0 aliphatic carbocycles. The zero-order valence-corrected chi connectivity index (χ0v) is 14.1. The second kappa shape index (κ2) is 7.48. The van der Waals surface area contributed by atoms with Crippen LogP contribution < -0.4 is 9.64 Å². The summed E-state index contributed by atoms with van der Waals surface area (Å²) in [6, 6.07) is 14.1. The predicted octanol–water partition coefficient (Wildman–Crippen LogP) is 3.36. The van der Waals surface area contributed by atoms with E-state index < -0.39 is 10.1 Å². The zero-order chi connectivity index (χ0) is 16.9. The van der Waals surface area contributed by atoms with Crippen molar-refractivity contribution in [2.24, 2.45) is 0 Å². The van der Waals surface area contributed by atoms with E-state index in [0.717, 1.165) is 23.5 Å². The third kappa shape index (κ3) is 4.71. The van der Waals surface area contributed by atoms with Gasteiger partial charge in [0.15, 0.2) is 0 Å². The quantitative estimate of drug-likeness (QED) is 0.786. The molecule has 2 aromatic carbocycles. The lowest BCUT2D eigenvalue weighted by molar-refractivity contribution is 0.340. The molecule has 0 saturated carbocycles. The lowest BCUT2D eigenvalue weighted by atomic mass is 10.2. The molecule has 6 heteroatoms. The van der Waals surface area contributed by atoms with Crippen molar-refractivity contribution in [3.63, 3.8) is 0 Å². The molecule has 0 aliphatic rings. The monoisotopic (exact) mass is 335 g/mol. The summed E-state index contributed by atoms with van der Waals surface area (Å²) in [5.41, 5.74) is 1.81. The maximum absolute atomic E-state index is 11.3. The van der Waals surface area contributed by atoms with Gasteiger partial charge in [0.05, 0.1) is 11.5 Å². The van der Waals surface area contributed by atoms with Crippen LogP contribution in [0.5, 0.6) is 5.75 Å². The molecule has 0 heterocycles. The van der Waals surface area contributed by atoms with Crippen molar-refractivity contribution in [2.45, 2.75) is 25.3 Å². The number of nitrogens with zero attached hydrogens (tertiary/aromatic N) is 1. The van der Waals surface area contributed by atoms with Crippen molar-refractivity contribution >= 4 is 15.8 Å². The third-order valence-electron chi connectivity index (χ3n) is 3.45. The van der Waals surface area contributed by atoms with Gasteiger partial charge >= 0.3 is 0 Å². The van der Waals surface area contributed by atoms with E-state index in [1.54, 1.807) is 6.07 Å². The summed E-state index contributed by atoms with van der Waals surface area (Å²) < 4.78 is 37.2. The lowest BCUT2D eigenvalue weighted by Crippen LogP contribution is -2.22. The van der Waals surface area contributed by atoms with Crippen molar-refractivity contribution in [1.29, 1.82) is 0 Å². The van der Waals surface area contributed by atoms with Crippen LogP contribution in [0, 0.1) is 0 Å². The Morgan fingerprint density at radius 3 is 2.48 bits per heavy atom. The van der Waals surface area contributed by atoms with E-state index in [1.165, 1.54) is 12.1 Å². The van der Waals surface area contributed by atoms with Gasteiger partial charge in [0.1, 0.15) is 5.75 Å². The van der Waals surface area contributed by atoms with E-state index in [-0.39, 0.29) is 4.90 Å². The highest BCUT2D eigenvalue weighted by Crippen LogP contribution is 2.23. The Morgan fingerprint density at radius 1 is 1.09 bits per heavy atom. The molecular formula is C17H21NO4S. The largest absolute Gasteiger partial charge is 0.494 e. The van der Waals surface area contributed by atoms with Gasteiger partial charge < -0.3 is 9.64 Å². The Kier molecular flexibility index (Phi) is 5.63.